The smallest absolute Gasteiger partial charge is 0.243 e. The number of hydrogen-bond acceptors (Lipinski definition) is 5. The van der Waals surface area contributed by atoms with E-state index < -0.39 is 15.9 Å². The molecule has 138 valence electrons. The zero-order valence-electron chi connectivity index (χ0n) is 14.7. The fourth-order valence-corrected chi connectivity index (χ4v) is 3.39. The van der Waals surface area contributed by atoms with E-state index in [0.29, 0.717) is 17.0 Å². The van der Waals surface area contributed by atoms with Gasteiger partial charge >= 0.3 is 0 Å². The molecule has 7 nitrogen and oxygen atoms in total. The second kappa shape index (κ2) is 8.11. The van der Waals surface area contributed by atoms with Crippen molar-refractivity contribution in [3.63, 3.8) is 0 Å². The third-order valence-corrected chi connectivity index (χ3v) is 5.49. The molecule has 1 amide bonds. The van der Waals surface area contributed by atoms with Gasteiger partial charge in [0.25, 0.3) is 0 Å². The largest absolute Gasteiger partial charge is 0.497 e. The molecule has 0 aromatic heterocycles. The first-order valence-corrected chi connectivity index (χ1v) is 9.19. The molecule has 1 N–H and O–H groups in total. The Morgan fingerprint density at radius 1 is 1.12 bits per heavy atom. The van der Waals surface area contributed by atoms with E-state index in [-0.39, 0.29) is 17.2 Å². The number of carbonyl (C=O) groups excluding carboxylic acids is 2. The van der Waals surface area contributed by atoms with Crippen molar-refractivity contribution >= 4 is 27.4 Å². The molecule has 0 unspecified atom stereocenters. The predicted octanol–water partition coefficient (Wildman–Crippen LogP) is 2.16. The van der Waals surface area contributed by atoms with Crippen LogP contribution in [0, 0.1) is 0 Å². The van der Waals surface area contributed by atoms with E-state index >= 15 is 0 Å². The molecular formula is C18H20N2O5S. The number of likely N-dealkylation sites (N-methyl/N-ethyl adjacent to an activating group) is 1. The van der Waals surface area contributed by atoms with Gasteiger partial charge in [-0.3, -0.25) is 9.59 Å². The molecule has 0 aliphatic rings. The molecule has 0 bridgehead atoms. The van der Waals surface area contributed by atoms with Gasteiger partial charge in [0.05, 0.1) is 18.6 Å². The lowest BCUT2D eigenvalue weighted by Gasteiger charge is -2.17. The summed E-state index contributed by atoms with van der Waals surface area (Å²) in [5.74, 6) is -0.0704. The molecule has 0 radical (unpaired) electrons. The van der Waals surface area contributed by atoms with Gasteiger partial charge < -0.3 is 10.1 Å². The number of rotatable bonds is 7. The Hall–Kier alpha value is -2.71. The molecule has 2 rings (SSSR count). The number of ether oxygens (including phenoxy) is 1. The van der Waals surface area contributed by atoms with Crippen molar-refractivity contribution in [1.82, 2.24) is 4.31 Å². The number of methoxy groups -OCH3 is 1. The van der Waals surface area contributed by atoms with Gasteiger partial charge in [-0.05, 0) is 43.3 Å². The summed E-state index contributed by atoms with van der Waals surface area (Å²) in [6.07, 6.45) is 0. The van der Waals surface area contributed by atoms with Crippen LogP contribution >= 0.6 is 0 Å². The molecule has 0 fully saturated rings. The molecule has 0 spiro atoms. The maximum atomic E-state index is 12.6. The Bertz CT molecular complexity index is 907. The zero-order valence-corrected chi connectivity index (χ0v) is 15.5. The standard InChI is InChI=1S/C18H20N2O5S/c1-13(21)14-5-4-6-17(11-14)26(23,24)20(2)12-18(22)19-15-7-9-16(25-3)10-8-15/h4-11H,12H2,1-3H3,(H,19,22). The van der Waals surface area contributed by atoms with Crippen molar-refractivity contribution in [1.29, 1.82) is 0 Å². The van der Waals surface area contributed by atoms with E-state index in [0.717, 1.165) is 4.31 Å². The van der Waals surface area contributed by atoms with Crippen LogP contribution in [0.3, 0.4) is 0 Å². The number of anilines is 1. The first-order valence-electron chi connectivity index (χ1n) is 7.75. The molecule has 0 atom stereocenters. The molecule has 26 heavy (non-hydrogen) atoms. The van der Waals surface area contributed by atoms with Gasteiger partial charge in [-0.2, -0.15) is 4.31 Å². The van der Waals surface area contributed by atoms with Crippen LogP contribution in [0.5, 0.6) is 5.75 Å². The lowest BCUT2D eigenvalue weighted by atomic mass is 10.2. The molecule has 8 heteroatoms. The van der Waals surface area contributed by atoms with Crippen LogP contribution < -0.4 is 10.1 Å². The van der Waals surface area contributed by atoms with Crippen LogP contribution in [0.25, 0.3) is 0 Å². The van der Waals surface area contributed by atoms with Crippen LogP contribution in [-0.2, 0) is 14.8 Å². The van der Waals surface area contributed by atoms with Crippen molar-refractivity contribution in [2.45, 2.75) is 11.8 Å². The number of nitrogens with one attached hydrogen (secondary N) is 1. The summed E-state index contributed by atoms with van der Waals surface area (Å²) >= 11 is 0. The summed E-state index contributed by atoms with van der Waals surface area (Å²) in [6.45, 7) is 0.996. The maximum absolute atomic E-state index is 12.6. The number of amides is 1. The Morgan fingerprint density at radius 3 is 2.35 bits per heavy atom. The molecular weight excluding hydrogens is 356 g/mol. The monoisotopic (exact) mass is 376 g/mol. The van der Waals surface area contributed by atoms with E-state index in [1.54, 1.807) is 24.3 Å². The van der Waals surface area contributed by atoms with Gasteiger partial charge in [0.15, 0.2) is 5.78 Å². The van der Waals surface area contributed by atoms with Crippen molar-refractivity contribution in [2.24, 2.45) is 0 Å². The molecule has 0 heterocycles. The van der Waals surface area contributed by atoms with Gasteiger partial charge in [-0.15, -0.1) is 0 Å². The molecule has 2 aromatic rings. The number of ketones is 1. The third-order valence-electron chi connectivity index (χ3n) is 3.69. The Labute approximate surface area is 152 Å². The highest BCUT2D eigenvalue weighted by atomic mass is 32.2. The zero-order chi connectivity index (χ0) is 19.3. The van der Waals surface area contributed by atoms with Crippen molar-refractivity contribution in [2.75, 3.05) is 26.0 Å². The van der Waals surface area contributed by atoms with Gasteiger partial charge in [0.1, 0.15) is 5.75 Å². The number of sulfonamides is 1. The minimum absolute atomic E-state index is 0.0371. The van der Waals surface area contributed by atoms with Crippen molar-refractivity contribution in [3.8, 4) is 5.75 Å². The van der Waals surface area contributed by atoms with Crippen molar-refractivity contribution in [3.05, 3.63) is 54.1 Å². The van der Waals surface area contributed by atoms with E-state index in [2.05, 4.69) is 5.32 Å². The summed E-state index contributed by atoms with van der Waals surface area (Å²) in [5.41, 5.74) is 0.822. The summed E-state index contributed by atoms with van der Waals surface area (Å²) in [6, 6.07) is 12.4. The van der Waals surface area contributed by atoms with Crippen molar-refractivity contribution < 1.29 is 22.7 Å². The van der Waals surface area contributed by atoms with E-state index in [4.69, 9.17) is 4.74 Å². The minimum atomic E-state index is -3.89. The van der Waals surface area contributed by atoms with Gasteiger partial charge in [0.2, 0.25) is 15.9 Å². The number of Topliss-reactive ketones (excluding diaryl/α,β-unsaturated/α-hetero) is 1. The fraction of sp³-hybridized carbons (Fsp3) is 0.222. The fourth-order valence-electron chi connectivity index (χ4n) is 2.22. The van der Waals surface area contributed by atoms with Gasteiger partial charge in [-0.25, -0.2) is 8.42 Å². The van der Waals surface area contributed by atoms with Crippen LogP contribution in [0.2, 0.25) is 0 Å². The number of nitrogens with zero attached hydrogens (tertiary/aromatic N) is 1. The van der Waals surface area contributed by atoms with E-state index in [9.17, 15) is 18.0 Å². The highest BCUT2D eigenvalue weighted by Crippen LogP contribution is 2.17. The molecule has 0 aliphatic carbocycles. The topological polar surface area (TPSA) is 92.8 Å². The number of benzene rings is 2. The normalized spacial score (nSPS) is 11.2. The summed E-state index contributed by atoms with van der Waals surface area (Å²) < 4.78 is 31.2. The van der Waals surface area contributed by atoms with Crippen LogP contribution in [-0.4, -0.2) is 45.1 Å². The van der Waals surface area contributed by atoms with Crippen LogP contribution in [0.1, 0.15) is 17.3 Å². The average Bonchev–Trinajstić information content (AvgIpc) is 2.62. The summed E-state index contributed by atoms with van der Waals surface area (Å²) in [5, 5.41) is 2.62. The average molecular weight is 376 g/mol. The highest BCUT2D eigenvalue weighted by molar-refractivity contribution is 7.89. The van der Waals surface area contributed by atoms with Gasteiger partial charge in [0, 0.05) is 18.3 Å². The SMILES string of the molecule is COc1ccc(NC(=O)CN(C)S(=O)(=O)c2cccc(C(C)=O)c2)cc1. The van der Waals surface area contributed by atoms with E-state index in [1.165, 1.54) is 45.3 Å². The predicted molar refractivity (Wildman–Crippen MR) is 97.9 cm³/mol. The Balaban J connectivity index is 2.09. The van der Waals surface area contributed by atoms with Gasteiger partial charge in [-0.1, -0.05) is 12.1 Å². The second-order valence-electron chi connectivity index (χ2n) is 5.62. The lowest BCUT2D eigenvalue weighted by molar-refractivity contribution is -0.116. The third kappa shape index (κ3) is 4.68. The van der Waals surface area contributed by atoms with Crippen LogP contribution in [0.15, 0.2) is 53.4 Å². The Morgan fingerprint density at radius 2 is 1.77 bits per heavy atom. The lowest BCUT2D eigenvalue weighted by Crippen LogP contribution is -2.35. The first kappa shape index (κ1) is 19.6. The molecule has 0 saturated heterocycles. The summed E-state index contributed by atoms with van der Waals surface area (Å²) in [4.78, 5) is 23.5. The van der Waals surface area contributed by atoms with E-state index in [1.807, 2.05) is 0 Å². The molecule has 0 aliphatic heterocycles. The number of hydrogen-bond donors (Lipinski definition) is 1. The second-order valence-corrected chi connectivity index (χ2v) is 7.67. The molecule has 2 aromatic carbocycles. The number of carbonyl (C=O) groups is 2. The first-order chi connectivity index (χ1) is 12.2. The van der Waals surface area contributed by atoms with Crippen LogP contribution in [0.4, 0.5) is 5.69 Å². The summed E-state index contributed by atoms with van der Waals surface area (Å²) in [7, 11) is -1.05. The highest BCUT2D eigenvalue weighted by Gasteiger charge is 2.23. The minimum Gasteiger partial charge on any atom is -0.497 e. The Kier molecular flexibility index (Phi) is 6.12. The maximum Gasteiger partial charge on any atom is 0.243 e. The molecule has 0 saturated carbocycles. The quantitative estimate of drug-likeness (QED) is 0.748.